The monoisotopic (exact) mass is 142 g/mol. The summed E-state index contributed by atoms with van der Waals surface area (Å²) in [6.45, 7) is 3.40. The van der Waals surface area contributed by atoms with Crippen molar-refractivity contribution < 1.29 is 5.11 Å². The normalized spacial score (nSPS) is 11.9. The van der Waals surface area contributed by atoms with Gasteiger partial charge in [-0.1, -0.05) is 5.21 Å². The van der Waals surface area contributed by atoms with Gasteiger partial charge in [0.15, 0.2) is 5.82 Å². The van der Waals surface area contributed by atoms with E-state index in [4.69, 9.17) is 0 Å². The van der Waals surface area contributed by atoms with E-state index in [2.05, 4.69) is 20.6 Å². The number of hydrogen-bond acceptors (Lipinski definition) is 4. The molecule has 0 unspecified atom stereocenters. The maximum atomic E-state index is 9.27. The molecule has 2 N–H and O–H groups in total. The number of H-pyrrole nitrogens is 1. The Morgan fingerprint density at radius 2 is 2.30 bits per heavy atom. The van der Waals surface area contributed by atoms with Crippen molar-refractivity contribution >= 4 is 0 Å². The lowest BCUT2D eigenvalue weighted by atomic mass is 10.1. The molecule has 0 aliphatic rings. The number of nitrogens with zero attached hydrogens (tertiary/aromatic N) is 3. The molecule has 0 aliphatic heterocycles. The van der Waals surface area contributed by atoms with Crippen molar-refractivity contribution in [2.24, 2.45) is 0 Å². The Labute approximate surface area is 58.5 Å². The summed E-state index contributed by atoms with van der Waals surface area (Å²) in [6, 6.07) is 0. The van der Waals surface area contributed by atoms with Crippen molar-refractivity contribution in [1.29, 1.82) is 0 Å². The van der Waals surface area contributed by atoms with E-state index < -0.39 is 5.60 Å². The Balaban J connectivity index is 2.57. The van der Waals surface area contributed by atoms with Crippen LogP contribution in [0.5, 0.6) is 0 Å². The van der Waals surface area contributed by atoms with Crippen molar-refractivity contribution in [2.75, 3.05) is 0 Å². The maximum Gasteiger partial charge on any atom is 0.177 e. The van der Waals surface area contributed by atoms with E-state index in [9.17, 15) is 5.11 Å². The van der Waals surface area contributed by atoms with Gasteiger partial charge in [0.25, 0.3) is 0 Å². The molecular weight excluding hydrogens is 132 g/mol. The van der Waals surface area contributed by atoms with Gasteiger partial charge in [0.2, 0.25) is 0 Å². The highest BCUT2D eigenvalue weighted by Crippen LogP contribution is 2.05. The van der Waals surface area contributed by atoms with Crippen LogP contribution in [0.15, 0.2) is 0 Å². The standard InChI is InChI=1S/C5H10N4O/c1-5(2,10)3-4-6-8-9-7-4/h10H,3H2,1-2H3,(H,6,7,8,9). The average Bonchev–Trinajstić information content (AvgIpc) is 2.12. The molecular formula is C5H10N4O. The number of tetrazole rings is 1. The SMILES string of the molecule is CC(C)(O)Cc1nn[nH]n1. The second kappa shape index (κ2) is 2.34. The fourth-order valence-corrected chi connectivity index (χ4v) is 0.644. The molecule has 1 aromatic heterocycles. The molecule has 5 nitrogen and oxygen atoms in total. The smallest absolute Gasteiger partial charge is 0.177 e. The van der Waals surface area contributed by atoms with E-state index in [0.717, 1.165) is 0 Å². The predicted octanol–water partition coefficient (Wildman–Crippen LogP) is -0.487. The van der Waals surface area contributed by atoms with Crippen molar-refractivity contribution in [3.8, 4) is 0 Å². The van der Waals surface area contributed by atoms with E-state index in [0.29, 0.717) is 12.2 Å². The molecule has 0 radical (unpaired) electrons. The highest BCUT2D eigenvalue weighted by atomic mass is 16.3. The van der Waals surface area contributed by atoms with Gasteiger partial charge in [-0.05, 0) is 13.8 Å². The van der Waals surface area contributed by atoms with Gasteiger partial charge >= 0.3 is 0 Å². The summed E-state index contributed by atoms with van der Waals surface area (Å²) in [4.78, 5) is 0. The largest absolute Gasteiger partial charge is 0.390 e. The Bertz CT molecular complexity index is 188. The van der Waals surface area contributed by atoms with E-state index in [-0.39, 0.29) is 0 Å². The molecule has 0 saturated heterocycles. The van der Waals surface area contributed by atoms with Gasteiger partial charge in [-0.3, -0.25) is 0 Å². The summed E-state index contributed by atoms with van der Waals surface area (Å²) in [7, 11) is 0. The highest BCUT2D eigenvalue weighted by Gasteiger charge is 2.15. The quantitative estimate of drug-likeness (QED) is 0.584. The van der Waals surface area contributed by atoms with Crippen LogP contribution in [-0.4, -0.2) is 31.3 Å². The molecule has 1 rings (SSSR count). The van der Waals surface area contributed by atoms with Crippen LogP contribution in [-0.2, 0) is 6.42 Å². The lowest BCUT2D eigenvalue weighted by Crippen LogP contribution is -2.22. The zero-order valence-electron chi connectivity index (χ0n) is 6.00. The number of nitrogens with one attached hydrogen (secondary N) is 1. The number of aromatic nitrogens is 4. The van der Waals surface area contributed by atoms with Gasteiger partial charge in [-0.15, -0.1) is 10.2 Å². The van der Waals surface area contributed by atoms with Crippen molar-refractivity contribution in [2.45, 2.75) is 25.9 Å². The summed E-state index contributed by atoms with van der Waals surface area (Å²) in [5.74, 6) is 0.535. The zero-order valence-corrected chi connectivity index (χ0v) is 6.00. The van der Waals surface area contributed by atoms with Crippen LogP contribution in [0.25, 0.3) is 0 Å². The summed E-state index contributed by atoms with van der Waals surface area (Å²) in [5, 5.41) is 22.3. The third-order valence-electron chi connectivity index (χ3n) is 0.980. The summed E-state index contributed by atoms with van der Waals surface area (Å²) >= 11 is 0. The predicted molar refractivity (Wildman–Crippen MR) is 34.2 cm³/mol. The van der Waals surface area contributed by atoms with Crippen molar-refractivity contribution in [1.82, 2.24) is 20.6 Å². The third kappa shape index (κ3) is 2.10. The van der Waals surface area contributed by atoms with Crippen LogP contribution in [0.3, 0.4) is 0 Å². The van der Waals surface area contributed by atoms with E-state index >= 15 is 0 Å². The third-order valence-corrected chi connectivity index (χ3v) is 0.980. The van der Waals surface area contributed by atoms with E-state index in [1.807, 2.05) is 0 Å². The first-order valence-electron chi connectivity index (χ1n) is 3.03. The fourth-order valence-electron chi connectivity index (χ4n) is 0.644. The van der Waals surface area contributed by atoms with Crippen LogP contribution in [0.2, 0.25) is 0 Å². The summed E-state index contributed by atoms with van der Waals surface area (Å²) < 4.78 is 0. The summed E-state index contributed by atoms with van der Waals surface area (Å²) in [6.07, 6.45) is 0.420. The van der Waals surface area contributed by atoms with Crippen LogP contribution in [0.4, 0.5) is 0 Å². The minimum atomic E-state index is -0.760. The molecule has 0 spiro atoms. The Hall–Kier alpha value is -0.970. The fraction of sp³-hybridized carbons (Fsp3) is 0.800. The molecule has 0 saturated carbocycles. The molecule has 0 aliphatic carbocycles. The molecule has 56 valence electrons. The lowest BCUT2D eigenvalue weighted by molar-refractivity contribution is 0.0788. The first kappa shape index (κ1) is 7.14. The first-order chi connectivity index (χ1) is 4.58. The Kier molecular flexibility index (Phi) is 1.67. The minimum Gasteiger partial charge on any atom is -0.390 e. The molecule has 5 heteroatoms. The van der Waals surface area contributed by atoms with Gasteiger partial charge in [-0.25, -0.2) is 0 Å². The maximum absolute atomic E-state index is 9.27. The second-order valence-corrected chi connectivity index (χ2v) is 2.82. The molecule has 1 heterocycles. The number of hydrogen-bond donors (Lipinski definition) is 2. The number of aromatic amines is 1. The number of rotatable bonds is 2. The van der Waals surface area contributed by atoms with Gasteiger partial charge in [0, 0.05) is 6.42 Å². The summed E-state index contributed by atoms with van der Waals surface area (Å²) in [5.41, 5.74) is -0.760. The lowest BCUT2D eigenvalue weighted by Gasteiger charge is -2.12. The van der Waals surface area contributed by atoms with E-state index in [1.165, 1.54) is 0 Å². The van der Waals surface area contributed by atoms with E-state index in [1.54, 1.807) is 13.8 Å². The van der Waals surface area contributed by atoms with Gasteiger partial charge in [0.1, 0.15) is 0 Å². The first-order valence-corrected chi connectivity index (χ1v) is 3.03. The van der Waals surface area contributed by atoms with Crippen LogP contribution >= 0.6 is 0 Å². The molecule has 0 amide bonds. The molecule has 1 aromatic rings. The molecule has 0 aromatic carbocycles. The van der Waals surface area contributed by atoms with Gasteiger partial charge in [0.05, 0.1) is 5.60 Å². The molecule has 0 atom stereocenters. The molecule has 0 fully saturated rings. The van der Waals surface area contributed by atoms with Crippen molar-refractivity contribution in [3.05, 3.63) is 5.82 Å². The Morgan fingerprint density at radius 1 is 1.60 bits per heavy atom. The molecule has 0 bridgehead atoms. The van der Waals surface area contributed by atoms with Crippen molar-refractivity contribution in [3.63, 3.8) is 0 Å². The van der Waals surface area contributed by atoms with Gasteiger partial charge < -0.3 is 5.11 Å². The average molecular weight is 142 g/mol. The second-order valence-electron chi connectivity index (χ2n) is 2.82. The van der Waals surface area contributed by atoms with Gasteiger partial charge in [-0.2, -0.15) is 5.21 Å². The molecule has 10 heavy (non-hydrogen) atoms. The Morgan fingerprint density at radius 3 is 2.70 bits per heavy atom. The van der Waals surface area contributed by atoms with Crippen LogP contribution in [0, 0.1) is 0 Å². The van der Waals surface area contributed by atoms with Crippen LogP contribution in [0.1, 0.15) is 19.7 Å². The number of aliphatic hydroxyl groups is 1. The zero-order chi connectivity index (χ0) is 7.61. The topological polar surface area (TPSA) is 74.7 Å². The highest BCUT2D eigenvalue weighted by molar-refractivity contribution is 4.84. The minimum absolute atomic E-state index is 0.420. The van der Waals surface area contributed by atoms with Crippen LogP contribution < -0.4 is 0 Å².